The topological polar surface area (TPSA) is 257 Å². The molecular formula is C86H107ClN14O6. The fraction of sp³-hybridized carbons (Fsp3) is 0.512. The first kappa shape index (κ1) is 75.0. The Morgan fingerprint density at radius 3 is 1.44 bits per heavy atom. The van der Waals surface area contributed by atoms with Crippen LogP contribution in [0.3, 0.4) is 0 Å². The van der Waals surface area contributed by atoms with E-state index in [0.717, 1.165) is 164 Å². The van der Waals surface area contributed by atoms with Gasteiger partial charge in [0.15, 0.2) is 17.1 Å². The zero-order chi connectivity index (χ0) is 74.3. The van der Waals surface area contributed by atoms with E-state index in [1.807, 2.05) is 109 Å². The number of halogens is 1. The van der Waals surface area contributed by atoms with Gasteiger partial charge in [0.25, 0.3) is 0 Å². The third-order valence-electron chi connectivity index (χ3n) is 25.2. The van der Waals surface area contributed by atoms with E-state index in [1.54, 1.807) is 6.33 Å². The number of piperidine rings is 2. The van der Waals surface area contributed by atoms with Gasteiger partial charge in [-0.1, -0.05) is 63.4 Å². The summed E-state index contributed by atoms with van der Waals surface area (Å²) < 4.78 is 16.3. The Labute approximate surface area is 634 Å². The molecule has 6 heterocycles. The molecule has 8 bridgehead atoms. The zero-order valence-corrected chi connectivity index (χ0v) is 63.5. The van der Waals surface area contributed by atoms with Gasteiger partial charge in [-0.05, 0) is 266 Å². The molecule has 10 fully saturated rings. The molecule has 10 aliphatic rings. The second-order valence-corrected chi connectivity index (χ2v) is 33.3. The van der Waals surface area contributed by atoms with Gasteiger partial charge >= 0.3 is 0 Å². The molecule has 2 saturated heterocycles. The van der Waals surface area contributed by atoms with Gasteiger partial charge in [-0.3, -0.25) is 19.2 Å². The highest BCUT2D eigenvalue weighted by atomic mass is 35.5. The van der Waals surface area contributed by atoms with E-state index in [2.05, 4.69) is 67.1 Å². The van der Waals surface area contributed by atoms with Gasteiger partial charge in [0.1, 0.15) is 52.9 Å². The normalized spacial score (nSPS) is 24.4. The number of ether oxygens (including phenoxy) is 2. The van der Waals surface area contributed by atoms with Crippen LogP contribution < -0.4 is 31.6 Å². The van der Waals surface area contributed by atoms with Crippen molar-refractivity contribution < 1.29 is 28.7 Å². The summed E-state index contributed by atoms with van der Waals surface area (Å²) in [7, 11) is 0. The van der Waals surface area contributed by atoms with Crippen LogP contribution in [0.2, 0.25) is 0 Å². The second-order valence-electron chi connectivity index (χ2n) is 32.9. The maximum Gasteiger partial charge on any atom is 0.244 e. The standard InChI is InChI=1S/C43H53N7O3.C40H51N7O2.C3H3ClO/c1-3-35(51)23-33-22-32(9-10-37(33)53-36-7-5-4-6-8-36)39-38-40(44)46-27-47-41(38)50(48-39)34-12-16-49(17-13-34)18-15-45-42(52)28(2)11-14-43-24-29-19-30(25-43)21-31(20-29)26-43;1-26(10-13-40-22-28-18-29(23-40)20-30(19-28)24-40)39(48)42-14-17-46-15-11-32(12-16-46)47-38-36(27(2)43-25-44-38)37(45-47)31-8-9-35(34(41)21-31)49-33-6-4-3-5-7-33;1-2-3(4)5/h3-10,22,27-31,34H,1,11-21,23-26H2,2H3,(H,45,52)(H2,44,46,47);3-9,21,25-26,28-30,32H,10-20,22-24,41H2,1-2H3,(H,42,48);2H,1H2/t28-,29?,30?,31?,43?;26-,28?,29?,30?,40?;/m11./s1. The molecule has 2 aliphatic heterocycles. The van der Waals surface area contributed by atoms with E-state index in [1.165, 1.54) is 102 Å². The van der Waals surface area contributed by atoms with E-state index >= 15 is 0 Å². The van der Waals surface area contributed by atoms with E-state index in [0.29, 0.717) is 69.4 Å². The molecule has 4 aromatic heterocycles. The smallest absolute Gasteiger partial charge is 0.244 e. The van der Waals surface area contributed by atoms with Gasteiger partial charge in [-0.15, -0.1) is 0 Å². The lowest BCUT2D eigenvalue weighted by molar-refractivity contribution is -0.126. The van der Waals surface area contributed by atoms with Crippen LogP contribution in [0.25, 0.3) is 44.6 Å². The van der Waals surface area contributed by atoms with Gasteiger partial charge < -0.3 is 41.4 Å². The fourth-order valence-electron chi connectivity index (χ4n) is 20.6. The number of amides is 2. The minimum atomic E-state index is -0.509. The third-order valence-corrected chi connectivity index (χ3v) is 25.4. The molecule has 18 rings (SSSR count). The van der Waals surface area contributed by atoms with Crippen LogP contribution in [0.5, 0.6) is 23.0 Å². The van der Waals surface area contributed by atoms with Crippen LogP contribution in [0.1, 0.15) is 166 Å². The van der Waals surface area contributed by atoms with Crippen molar-refractivity contribution in [1.29, 1.82) is 0 Å². The Morgan fingerprint density at radius 2 is 0.991 bits per heavy atom. The number of rotatable bonds is 26. The van der Waals surface area contributed by atoms with Crippen molar-refractivity contribution in [2.24, 2.45) is 58.2 Å². The van der Waals surface area contributed by atoms with E-state index in [4.69, 9.17) is 47.7 Å². The van der Waals surface area contributed by atoms with Gasteiger partial charge in [0.05, 0.1) is 34.2 Å². The van der Waals surface area contributed by atoms with Crippen molar-refractivity contribution in [1.82, 2.24) is 59.9 Å². The number of anilines is 2. The number of nitrogens with zero attached hydrogens (tertiary/aromatic N) is 10. The number of nitrogens with two attached hydrogens (primary N) is 2. The molecule has 107 heavy (non-hydrogen) atoms. The highest BCUT2D eigenvalue weighted by molar-refractivity contribution is 6.66. The largest absolute Gasteiger partial charge is 0.457 e. The molecular weight excluding hydrogens is 1360 g/mol. The first-order valence-electron chi connectivity index (χ1n) is 39.5. The number of carbonyl (C=O) groups is 4. The number of hydrogen-bond donors (Lipinski definition) is 4. The van der Waals surface area contributed by atoms with E-state index in [-0.39, 0.29) is 47.9 Å². The summed E-state index contributed by atoms with van der Waals surface area (Å²) in [4.78, 5) is 71.2. The van der Waals surface area contributed by atoms with E-state index < -0.39 is 5.24 Å². The number of allylic oxidation sites excluding steroid dienone is 2. The number of aryl methyl sites for hydroxylation is 1. The van der Waals surface area contributed by atoms with Gasteiger partial charge in [-0.2, -0.15) is 10.2 Å². The summed E-state index contributed by atoms with van der Waals surface area (Å²) in [5, 5.41) is 17.9. The summed E-state index contributed by atoms with van der Waals surface area (Å²) in [5.74, 6) is 9.29. The molecule has 564 valence electrons. The minimum Gasteiger partial charge on any atom is -0.457 e. The molecule has 21 heteroatoms. The van der Waals surface area contributed by atoms with Crippen LogP contribution in [-0.4, -0.2) is 124 Å². The number of nitrogens with one attached hydrogen (secondary N) is 2. The highest BCUT2D eigenvalue weighted by Crippen LogP contribution is 2.63. The van der Waals surface area contributed by atoms with Crippen LogP contribution in [0.15, 0.2) is 135 Å². The number of carbonyl (C=O) groups excluding carboxylic acids is 4. The lowest BCUT2D eigenvalue weighted by atomic mass is 9.48. The quantitative estimate of drug-likeness (QED) is 0.0223. The molecule has 0 radical (unpaired) electrons. The Balaban J connectivity index is 0.000000169. The lowest BCUT2D eigenvalue weighted by Gasteiger charge is -2.57. The number of aromatic nitrogens is 8. The Kier molecular flexibility index (Phi) is 23.4. The predicted molar refractivity (Wildman–Crippen MR) is 422 cm³/mol. The van der Waals surface area contributed by atoms with Crippen LogP contribution in [0.4, 0.5) is 11.5 Å². The molecule has 2 amide bonds. The lowest BCUT2D eigenvalue weighted by Crippen LogP contribution is -2.46. The van der Waals surface area contributed by atoms with Gasteiger partial charge in [-0.25, -0.2) is 29.3 Å². The number of ketones is 1. The molecule has 20 nitrogen and oxygen atoms in total. The molecule has 2 atom stereocenters. The van der Waals surface area contributed by atoms with Crippen molar-refractivity contribution in [3.05, 3.63) is 146 Å². The molecule has 0 unspecified atom stereocenters. The average molecular weight is 1470 g/mol. The Bertz CT molecular complexity index is 4410. The average Bonchev–Trinajstić information content (AvgIpc) is 1.54. The summed E-state index contributed by atoms with van der Waals surface area (Å²) in [6.07, 6.45) is 31.3. The molecule has 0 spiro atoms. The SMILES string of the molecule is C=CC(=O)Cc1cc(-c2nn(C3CCN(CCNC(=O)[C@H](C)CCC45CC6CC(CC(C6)C4)C5)CC3)c3ncnc(N)c23)ccc1Oc1ccccc1.C=CC(=O)Cl.Cc1ncnc2c1c(-c1ccc(Oc3ccccc3)c(N)c1)nn2C1CCN(CCNC(=O)[C@H](C)CCC23CC4CC(CC(C4)C2)C3)CC1. The number of benzene rings is 4. The molecule has 4 aromatic carbocycles. The maximum atomic E-state index is 13.1. The Hall–Kier alpha value is -8.85. The molecule has 8 aliphatic carbocycles. The number of hydrogen-bond acceptors (Lipinski definition) is 16. The van der Waals surface area contributed by atoms with Crippen molar-refractivity contribution in [2.75, 3.05) is 63.8 Å². The predicted octanol–water partition coefficient (Wildman–Crippen LogP) is 16.1. The monoisotopic (exact) mass is 1470 g/mol. The van der Waals surface area contributed by atoms with Crippen molar-refractivity contribution in [2.45, 2.75) is 168 Å². The van der Waals surface area contributed by atoms with Crippen molar-refractivity contribution in [3.63, 3.8) is 0 Å². The maximum absolute atomic E-state index is 13.1. The Morgan fingerprint density at radius 1 is 0.570 bits per heavy atom. The number of nitrogen functional groups attached to an aromatic ring is 2. The first-order chi connectivity index (χ1) is 51.8. The van der Waals surface area contributed by atoms with E-state index in [9.17, 15) is 19.2 Å². The summed E-state index contributed by atoms with van der Waals surface area (Å²) in [5.41, 5.74) is 21.0. The number of para-hydroxylation sites is 2. The molecule has 8 aromatic rings. The fourth-order valence-corrected chi connectivity index (χ4v) is 20.6. The molecule has 8 saturated carbocycles. The van der Waals surface area contributed by atoms with Crippen molar-refractivity contribution >= 4 is 68.0 Å². The van der Waals surface area contributed by atoms with Crippen LogP contribution in [-0.2, 0) is 25.6 Å². The van der Waals surface area contributed by atoms with Gasteiger partial charge in [0, 0.05) is 87.3 Å². The first-order valence-corrected chi connectivity index (χ1v) is 39.9. The number of fused-ring (bicyclic) bond motifs is 2. The second kappa shape index (κ2) is 33.3. The van der Waals surface area contributed by atoms with Gasteiger partial charge in [0.2, 0.25) is 17.1 Å². The minimum absolute atomic E-state index is 0.0663. The van der Waals surface area contributed by atoms with Crippen LogP contribution >= 0.6 is 11.6 Å². The summed E-state index contributed by atoms with van der Waals surface area (Å²) >= 11 is 4.71. The van der Waals surface area contributed by atoms with Crippen molar-refractivity contribution in [3.8, 4) is 45.5 Å². The van der Waals surface area contributed by atoms with Crippen LogP contribution in [0, 0.1) is 65.1 Å². The number of likely N-dealkylation sites (tertiary alicyclic amines) is 2. The molecule has 6 N–H and O–H groups in total. The third kappa shape index (κ3) is 17.7. The summed E-state index contributed by atoms with van der Waals surface area (Å²) in [6, 6.07) is 31.1. The summed E-state index contributed by atoms with van der Waals surface area (Å²) in [6.45, 7) is 19.8. The zero-order valence-electron chi connectivity index (χ0n) is 62.7. The highest BCUT2D eigenvalue weighted by Gasteiger charge is 2.52.